The first kappa shape index (κ1) is 24.0. The van der Waals surface area contributed by atoms with Crippen LogP contribution in [0.2, 0.25) is 0 Å². The van der Waals surface area contributed by atoms with Crippen LogP contribution < -0.4 is 32.5 Å². The first-order valence-corrected chi connectivity index (χ1v) is 7.67. The molecule has 0 aromatic carbocycles. The Morgan fingerprint density at radius 1 is 1.00 bits per heavy atom. The van der Waals surface area contributed by atoms with Crippen LogP contribution in [0, 0.1) is 0 Å². The van der Waals surface area contributed by atoms with Crippen LogP contribution in [-0.2, 0) is 19.2 Å². The molecule has 0 saturated carbocycles. The number of likely N-dealkylation sites (N-methyl/N-ethyl adjacent to an activating group) is 1. The molecule has 4 atom stereocenters. The number of amides is 5. The van der Waals surface area contributed by atoms with E-state index < -0.39 is 67.0 Å². The van der Waals surface area contributed by atoms with Gasteiger partial charge in [0.05, 0.1) is 19.1 Å². The molecule has 0 saturated heterocycles. The lowest BCUT2D eigenvalue weighted by Gasteiger charge is -2.21. The zero-order chi connectivity index (χ0) is 21.1. The summed E-state index contributed by atoms with van der Waals surface area (Å²) in [5.41, 5.74) is 8.90. The van der Waals surface area contributed by atoms with Crippen LogP contribution in [0.15, 0.2) is 0 Å². The Labute approximate surface area is 153 Å². The second-order valence-corrected chi connectivity index (χ2v) is 5.40. The smallest absolute Gasteiger partial charge is 0.328 e. The summed E-state index contributed by atoms with van der Waals surface area (Å²) < 4.78 is 0. The maximum absolute atomic E-state index is 12.0. The number of aliphatic hydroxyl groups is 2. The Balaban J connectivity index is 4.93. The van der Waals surface area contributed by atoms with Crippen molar-refractivity contribution < 1.29 is 39.3 Å². The van der Waals surface area contributed by atoms with Gasteiger partial charge in [-0.15, -0.1) is 0 Å². The molecule has 14 heteroatoms. The lowest BCUT2D eigenvalue weighted by Crippen LogP contribution is -2.59. The summed E-state index contributed by atoms with van der Waals surface area (Å²) in [6.07, 6.45) is -2.09. The standard InChI is InChI=1S/C13H24N6O8/c1-5(21)9(12(25)26)17-13(27)16-6(3-8(14)22)10(23)18-19-11(24)7(4-20)15-2/h5-7,9,15,20-21H,3-4H2,1-2H3,(H2,14,22)(H,18,23)(H,19,24)(H,25,26)(H2,16,17,27). The highest BCUT2D eigenvalue weighted by Crippen LogP contribution is 1.96. The monoisotopic (exact) mass is 392 g/mol. The van der Waals surface area contributed by atoms with Crippen molar-refractivity contribution in [1.29, 1.82) is 0 Å². The summed E-state index contributed by atoms with van der Waals surface area (Å²) in [4.78, 5) is 57.5. The minimum atomic E-state index is -1.66. The highest BCUT2D eigenvalue weighted by molar-refractivity contribution is 5.93. The van der Waals surface area contributed by atoms with Gasteiger partial charge in [-0.1, -0.05) is 0 Å². The normalized spacial score (nSPS) is 14.8. The van der Waals surface area contributed by atoms with Crippen molar-refractivity contribution >= 4 is 29.7 Å². The van der Waals surface area contributed by atoms with Crippen molar-refractivity contribution in [2.24, 2.45) is 5.73 Å². The Bertz CT molecular complexity index is 565. The number of primary amides is 1. The van der Waals surface area contributed by atoms with Gasteiger partial charge in [0, 0.05) is 0 Å². The topological polar surface area (TPSA) is 232 Å². The zero-order valence-corrected chi connectivity index (χ0v) is 14.7. The van der Waals surface area contributed by atoms with Crippen LogP contribution in [0.3, 0.4) is 0 Å². The Kier molecular flexibility index (Phi) is 10.3. The van der Waals surface area contributed by atoms with E-state index in [1.165, 1.54) is 7.05 Å². The number of carbonyl (C=O) groups excluding carboxylic acids is 4. The van der Waals surface area contributed by atoms with E-state index in [2.05, 4.69) is 5.32 Å². The van der Waals surface area contributed by atoms with E-state index in [4.69, 9.17) is 15.9 Å². The first-order chi connectivity index (χ1) is 12.5. The molecule has 0 aliphatic heterocycles. The predicted molar refractivity (Wildman–Crippen MR) is 88.6 cm³/mol. The SMILES string of the molecule is CNC(CO)C(=O)NNC(=O)C(CC(N)=O)NC(=O)NC(C(=O)O)C(C)O. The number of aliphatic hydroxyl groups excluding tert-OH is 2. The van der Waals surface area contributed by atoms with Gasteiger partial charge in [-0.2, -0.15) is 0 Å². The number of carboxylic acid groups (broad SMARTS) is 1. The van der Waals surface area contributed by atoms with E-state index in [1.807, 2.05) is 21.5 Å². The maximum atomic E-state index is 12.0. The molecular formula is C13H24N6O8. The fraction of sp³-hybridized carbons (Fsp3) is 0.615. The molecule has 14 nitrogen and oxygen atoms in total. The van der Waals surface area contributed by atoms with Crippen molar-refractivity contribution in [2.75, 3.05) is 13.7 Å². The second kappa shape index (κ2) is 11.6. The molecule has 154 valence electrons. The number of hydrogen-bond donors (Lipinski definition) is 9. The number of nitrogens with two attached hydrogens (primary N) is 1. The Morgan fingerprint density at radius 3 is 1.89 bits per heavy atom. The van der Waals surface area contributed by atoms with Gasteiger partial charge in [0.15, 0.2) is 6.04 Å². The van der Waals surface area contributed by atoms with E-state index in [0.29, 0.717) is 0 Å². The molecule has 0 rings (SSSR count). The molecule has 0 aliphatic rings. The quantitative estimate of drug-likeness (QED) is 0.162. The minimum absolute atomic E-state index is 0.556. The summed E-state index contributed by atoms with van der Waals surface area (Å²) in [5.74, 6) is -4.31. The molecular weight excluding hydrogens is 368 g/mol. The van der Waals surface area contributed by atoms with Crippen molar-refractivity contribution in [2.45, 2.75) is 37.6 Å². The van der Waals surface area contributed by atoms with Gasteiger partial charge >= 0.3 is 12.0 Å². The van der Waals surface area contributed by atoms with Crippen molar-refractivity contribution in [3.63, 3.8) is 0 Å². The number of hydrazine groups is 1. The van der Waals surface area contributed by atoms with E-state index in [1.54, 1.807) is 0 Å². The van der Waals surface area contributed by atoms with E-state index >= 15 is 0 Å². The van der Waals surface area contributed by atoms with Crippen molar-refractivity contribution in [1.82, 2.24) is 26.8 Å². The van der Waals surface area contributed by atoms with Crippen LogP contribution in [0.4, 0.5) is 4.79 Å². The van der Waals surface area contributed by atoms with Crippen LogP contribution in [0.5, 0.6) is 0 Å². The summed E-state index contributed by atoms with van der Waals surface area (Å²) in [5, 5.41) is 33.6. The minimum Gasteiger partial charge on any atom is -0.480 e. The van der Waals surface area contributed by atoms with Crippen LogP contribution >= 0.6 is 0 Å². The fourth-order valence-electron chi connectivity index (χ4n) is 1.74. The highest BCUT2D eigenvalue weighted by Gasteiger charge is 2.28. The molecule has 27 heavy (non-hydrogen) atoms. The third kappa shape index (κ3) is 8.80. The van der Waals surface area contributed by atoms with Crippen molar-refractivity contribution in [3.8, 4) is 0 Å². The van der Waals surface area contributed by atoms with Crippen molar-refractivity contribution in [3.05, 3.63) is 0 Å². The summed E-state index contributed by atoms with van der Waals surface area (Å²) in [7, 11) is 1.39. The van der Waals surface area contributed by atoms with Crippen LogP contribution in [-0.4, -0.2) is 82.9 Å². The molecule has 4 unspecified atom stereocenters. The molecule has 0 aromatic rings. The highest BCUT2D eigenvalue weighted by atomic mass is 16.4. The van der Waals surface area contributed by atoms with Crippen LogP contribution in [0.25, 0.3) is 0 Å². The molecule has 0 radical (unpaired) electrons. The third-order valence-corrected chi connectivity index (χ3v) is 3.22. The van der Waals surface area contributed by atoms with Gasteiger partial charge in [0.25, 0.3) is 11.8 Å². The number of carbonyl (C=O) groups is 5. The van der Waals surface area contributed by atoms with Gasteiger partial charge in [0.2, 0.25) is 5.91 Å². The number of hydrogen-bond acceptors (Lipinski definition) is 8. The molecule has 5 amide bonds. The Morgan fingerprint density at radius 2 is 1.52 bits per heavy atom. The van der Waals surface area contributed by atoms with E-state index in [0.717, 1.165) is 6.92 Å². The van der Waals surface area contributed by atoms with Gasteiger partial charge in [-0.25, -0.2) is 9.59 Å². The van der Waals surface area contributed by atoms with E-state index in [-0.39, 0.29) is 0 Å². The number of rotatable bonds is 10. The summed E-state index contributed by atoms with van der Waals surface area (Å²) in [6, 6.07) is -5.39. The first-order valence-electron chi connectivity index (χ1n) is 7.67. The summed E-state index contributed by atoms with van der Waals surface area (Å²) in [6.45, 7) is 0.570. The lowest BCUT2D eigenvalue weighted by molar-refractivity contribution is -0.141. The molecule has 0 heterocycles. The summed E-state index contributed by atoms with van der Waals surface area (Å²) >= 11 is 0. The number of carboxylic acids is 1. The third-order valence-electron chi connectivity index (χ3n) is 3.22. The average Bonchev–Trinajstić information content (AvgIpc) is 2.57. The molecule has 10 N–H and O–H groups in total. The van der Waals surface area contributed by atoms with Crippen LogP contribution in [0.1, 0.15) is 13.3 Å². The molecule has 0 fully saturated rings. The fourth-order valence-corrected chi connectivity index (χ4v) is 1.74. The second-order valence-electron chi connectivity index (χ2n) is 5.40. The molecule has 0 aliphatic carbocycles. The number of nitrogens with one attached hydrogen (secondary N) is 5. The lowest BCUT2D eigenvalue weighted by atomic mass is 10.1. The zero-order valence-electron chi connectivity index (χ0n) is 14.7. The van der Waals surface area contributed by atoms with Gasteiger partial charge in [0.1, 0.15) is 12.1 Å². The van der Waals surface area contributed by atoms with Gasteiger partial charge < -0.3 is 37.0 Å². The average molecular weight is 392 g/mol. The maximum Gasteiger partial charge on any atom is 0.328 e. The number of aliphatic carboxylic acids is 1. The number of urea groups is 1. The molecule has 0 bridgehead atoms. The van der Waals surface area contributed by atoms with Gasteiger partial charge in [-0.3, -0.25) is 25.2 Å². The molecule has 0 spiro atoms. The Hall–Kier alpha value is -2.97. The van der Waals surface area contributed by atoms with E-state index in [9.17, 15) is 29.1 Å². The molecule has 0 aromatic heterocycles. The largest absolute Gasteiger partial charge is 0.480 e. The predicted octanol–water partition coefficient (Wildman–Crippen LogP) is -4.91. The van der Waals surface area contributed by atoms with Gasteiger partial charge in [-0.05, 0) is 14.0 Å².